The quantitative estimate of drug-likeness (QED) is 0.173. The number of sulfonamides is 1. The van der Waals surface area contributed by atoms with Crippen molar-refractivity contribution in [2.45, 2.75) is 26.4 Å². The number of nitrogens with zero attached hydrogens (tertiary/aromatic N) is 1. The van der Waals surface area contributed by atoms with Gasteiger partial charge >= 0.3 is 0 Å². The minimum Gasteiger partial charge on any atom is -0.388 e. The molecule has 0 aliphatic carbocycles. The highest BCUT2D eigenvalue weighted by Crippen LogP contribution is 2.15. The molecule has 0 spiro atoms. The van der Waals surface area contributed by atoms with E-state index in [0.29, 0.717) is 38.6 Å². The molecule has 0 aliphatic heterocycles. The molecule has 144 valence electrons. The Kier molecular flexibility index (Phi) is 12.8. The van der Waals surface area contributed by atoms with E-state index in [9.17, 15) is 13.5 Å². The Balaban J connectivity index is 0.00000576. The third kappa shape index (κ3) is 10.6. The molecule has 0 saturated carbocycles. The van der Waals surface area contributed by atoms with E-state index in [0.717, 1.165) is 5.56 Å². The predicted octanol–water partition coefficient (Wildman–Crippen LogP) is 1.22. The number of guanidine groups is 1. The van der Waals surface area contributed by atoms with Crippen molar-refractivity contribution >= 4 is 40.0 Å². The van der Waals surface area contributed by atoms with E-state index in [-0.39, 0.29) is 29.7 Å². The van der Waals surface area contributed by atoms with Crippen LogP contribution in [0.4, 0.5) is 0 Å². The minimum atomic E-state index is -3.17. The molecule has 1 atom stereocenters. The lowest BCUT2D eigenvalue weighted by Gasteiger charge is -2.13. The number of nitrogens with one attached hydrogen (secondary N) is 3. The van der Waals surface area contributed by atoms with Crippen LogP contribution in [-0.2, 0) is 10.0 Å². The van der Waals surface area contributed by atoms with E-state index in [1.165, 1.54) is 0 Å². The van der Waals surface area contributed by atoms with E-state index >= 15 is 0 Å². The largest absolute Gasteiger partial charge is 0.388 e. The number of halogens is 1. The standard InChI is InChI=1S/C16H28N4O3S.HI/c1-3-17-16(19-12-13-20-24(22,23)4-2)18-11-10-15(21)14-8-6-5-7-9-14;/h5-9,15,20-21H,3-4,10-13H2,1-2H3,(H2,17,18,19);1H. The van der Waals surface area contributed by atoms with Gasteiger partial charge in [0.15, 0.2) is 5.96 Å². The molecule has 4 N–H and O–H groups in total. The number of hydrogen-bond acceptors (Lipinski definition) is 4. The molecule has 1 aromatic carbocycles. The van der Waals surface area contributed by atoms with Crippen molar-refractivity contribution in [3.8, 4) is 0 Å². The lowest BCUT2D eigenvalue weighted by molar-refractivity contribution is 0.170. The maximum Gasteiger partial charge on any atom is 0.211 e. The molecule has 0 saturated heterocycles. The summed E-state index contributed by atoms with van der Waals surface area (Å²) in [7, 11) is -3.17. The van der Waals surface area contributed by atoms with Gasteiger partial charge in [-0.15, -0.1) is 24.0 Å². The summed E-state index contributed by atoms with van der Waals surface area (Å²) < 4.78 is 25.2. The second-order valence-electron chi connectivity index (χ2n) is 5.20. The Hall–Kier alpha value is -0.910. The molecule has 7 nitrogen and oxygen atoms in total. The number of hydrogen-bond donors (Lipinski definition) is 4. The Labute approximate surface area is 167 Å². The average Bonchev–Trinajstić information content (AvgIpc) is 2.59. The van der Waals surface area contributed by atoms with Crippen LogP contribution >= 0.6 is 24.0 Å². The van der Waals surface area contributed by atoms with Gasteiger partial charge in [-0.25, -0.2) is 13.1 Å². The zero-order valence-electron chi connectivity index (χ0n) is 14.7. The van der Waals surface area contributed by atoms with E-state index in [4.69, 9.17) is 0 Å². The summed E-state index contributed by atoms with van der Waals surface area (Å²) in [6, 6.07) is 9.47. The summed E-state index contributed by atoms with van der Waals surface area (Å²) in [5, 5.41) is 16.3. The minimum absolute atomic E-state index is 0. The van der Waals surface area contributed by atoms with Crippen molar-refractivity contribution in [1.29, 1.82) is 0 Å². The van der Waals surface area contributed by atoms with E-state index < -0.39 is 16.1 Å². The van der Waals surface area contributed by atoms with Crippen molar-refractivity contribution in [3.63, 3.8) is 0 Å². The van der Waals surface area contributed by atoms with Crippen LogP contribution in [0.5, 0.6) is 0 Å². The highest BCUT2D eigenvalue weighted by Gasteiger charge is 2.07. The van der Waals surface area contributed by atoms with Crippen LogP contribution in [0.25, 0.3) is 0 Å². The maximum atomic E-state index is 11.3. The highest BCUT2D eigenvalue weighted by atomic mass is 127. The van der Waals surface area contributed by atoms with Crippen LogP contribution in [0.1, 0.15) is 31.9 Å². The van der Waals surface area contributed by atoms with Crippen LogP contribution in [0.2, 0.25) is 0 Å². The lowest BCUT2D eigenvalue weighted by Crippen LogP contribution is -2.41. The number of aliphatic hydroxyl groups excluding tert-OH is 1. The highest BCUT2D eigenvalue weighted by molar-refractivity contribution is 14.0. The zero-order chi connectivity index (χ0) is 17.8. The summed E-state index contributed by atoms with van der Waals surface area (Å²) in [6.07, 6.45) is -0.0301. The fourth-order valence-electron chi connectivity index (χ4n) is 1.97. The normalized spacial score (nSPS) is 13.0. The molecule has 0 aliphatic rings. The van der Waals surface area contributed by atoms with Crippen molar-refractivity contribution in [3.05, 3.63) is 35.9 Å². The molecule has 1 unspecified atom stereocenters. The van der Waals surface area contributed by atoms with Crippen molar-refractivity contribution in [1.82, 2.24) is 15.4 Å². The van der Waals surface area contributed by atoms with Gasteiger partial charge in [-0.1, -0.05) is 30.3 Å². The molecule has 0 amide bonds. The summed E-state index contributed by atoms with van der Waals surface area (Å²) in [6.45, 7) is 5.45. The van der Waals surface area contributed by atoms with Gasteiger partial charge in [0.2, 0.25) is 10.0 Å². The molecule has 25 heavy (non-hydrogen) atoms. The Bertz CT molecular complexity index is 597. The third-order valence-electron chi connectivity index (χ3n) is 3.32. The predicted molar refractivity (Wildman–Crippen MR) is 113 cm³/mol. The van der Waals surface area contributed by atoms with Crippen LogP contribution in [-0.4, -0.2) is 51.4 Å². The molecule has 1 aromatic rings. The molecular weight excluding hydrogens is 455 g/mol. The second-order valence-corrected chi connectivity index (χ2v) is 7.30. The fourth-order valence-corrected chi connectivity index (χ4v) is 2.59. The van der Waals surface area contributed by atoms with Gasteiger partial charge in [0.05, 0.1) is 11.9 Å². The number of benzene rings is 1. The van der Waals surface area contributed by atoms with Crippen molar-refractivity contribution < 1.29 is 13.5 Å². The van der Waals surface area contributed by atoms with Crippen LogP contribution in [0.3, 0.4) is 0 Å². The number of aliphatic imine (C=N–C) groups is 1. The Morgan fingerprint density at radius 3 is 2.44 bits per heavy atom. The Morgan fingerprint density at radius 1 is 1.16 bits per heavy atom. The SMILES string of the molecule is CCNC(=NCCC(O)c1ccccc1)NCCNS(=O)(=O)CC.I. The van der Waals surface area contributed by atoms with Gasteiger partial charge in [0.1, 0.15) is 0 Å². The first kappa shape index (κ1) is 24.1. The zero-order valence-corrected chi connectivity index (χ0v) is 17.9. The molecule has 0 bridgehead atoms. The molecular formula is C16H29IN4O3S. The first-order chi connectivity index (χ1) is 11.5. The first-order valence-electron chi connectivity index (χ1n) is 8.21. The monoisotopic (exact) mass is 484 g/mol. The fraction of sp³-hybridized carbons (Fsp3) is 0.562. The lowest BCUT2D eigenvalue weighted by atomic mass is 10.1. The van der Waals surface area contributed by atoms with Gasteiger partial charge in [-0.05, 0) is 25.8 Å². The molecule has 0 aromatic heterocycles. The summed E-state index contributed by atoms with van der Waals surface area (Å²) >= 11 is 0. The van der Waals surface area contributed by atoms with E-state index in [2.05, 4.69) is 20.3 Å². The van der Waals surface area contributed by atoms with Gasteiger partial charge in [-0.2, -0.15) is 0 Å². The number of rotatable bonds is 10. The second kappa shape index (κ2) is 13.3. The summed E-state index contributed by atoms with van der Waals surface area (Å²) in [4.78, 5) is 4.39. The number of aliphatic hydroxyl groups is 1. The molecule has 0 fully saturated rings. The molecule has 1 rings (SSSR count). The van der Waals surface area contributed by atoms with Gasteiger partial charge in [0.25, 0.3) is 0 Å². The first-order valence-corrected chi connectivity index (χ1v) is 9.86. The third-order valence-corrected chi connectivity index (χ3v) is 4.72. The van der Waals surface area contributed by atoms with Gasteiger partial charge in [0, 0.05) is 26.2 Å². The average molecular weight is 484 g/mol. The Morgan fingerprint density at radius 2 is 1.84 bits per heavy atom. The molecule has 0 heterocycles. The van der Waals surface area contributed by atoms with E-state index in [1.807, 2.05) is 37.3 Å². The topological polar surface area (TPSA) is 103 Å². The van der Waals surface area contributed by atoms with Crippen molar-refractivity contribution in [2.75, 3.05) is 31.9 Å². The van der Waals surface area contributed by atoms with Crippen LogP contribution < -0.4 is 15.4 Å². The van der Waals surface area contributed by atoms with E-state index in [1.54, 1.807) is 6.92 Å². The summed E-state index contributed by atoms with van der Waals surface area (Å²) in [5.74, 6) is 0.673. The smallest absolute Gasteiger partial charge is 0.211 e. The molecule has 9 heteroatoms. The van der Waals surface area contributed by atoms with Gasteiger partial charge in [-0.3, -0.25) is 4.99 Å². The van der Waals surface area contributed by atoms with Crippen LogP contribution in [0.15, 0.2) is 35.3 Å². The van der Waals surface area contributed by atoms with Gasteiger partial charge < -0.3 is 15.7 Å². The van der Waals surface area contributed by atoms with Crippen molar-refractivity contribution in [2.24, 2.45) is 4.99 Å². The summed E-state index contributed by atoms with van der Waals surface area (Å²) in [5.41, 5.74) is 0.875. The molecule has 0 radical (unpaired) electrons. The van der Waals surface area contributed by atoms with Crippen LogP contribution in [0, 0.1) is 0 Å². The maximum absolute atomic E-state index is 11.3.